The quantitative estimate of drug-likeness (QED) is 0.516. The van der Waals surface area contributed by atoms with Gasteiger partial charge in [-0.15, -0.1) is 0 Å². The maximum atomic E-state index is 13.2. The van der Waals surface area contributed by atoms with Crippen LogP contribution in [0, 0.1) is 12.7 Å². The van der Waals surface area contributed by atoms with Crippen molar-refractivity contribution in [3.05, 3.63) is 59.4 Å². The van der Waals surface area contributed by atoms with E-state index in [1.54, 1.807) is 13.1 Å². The Morgan fingerprint density at radius 1 is 1.19 bits per heavy atom. The summed E-state index contributed by atoms with van der Waals surface area (Å²) in [5.74, 6) is 0.604. The van der Waals surface area contributed by atoms with Crippen molar-refractivity contribution in [2.75, 3.05) is 25.5 Å². The average Bonchev–Trinajstić information content (AvgIpc) is 2.63. The Labute approximate surface area is 158 Å². The van der Waals surface area contributed by atoms with E-state index in [1.807, 2.05) is 32.0 Å². The highest BCUT2D eigenvalue weighted by Crippen LogP contribution is 2.20. The van der Waals surface area contributed by atoms with Gasteiger partial charge in [-0.3, -0.25) is 9.79 Å². The zero-order valence-electron chi connectivity index (χ0n) is 15.8. The van der Waals surface area contributed by atoms with Gasteiger partial charge in [-0.1, -0.05) is 18.2 Å². The van der Waals surface area contributed by atoms with Gasteiger partial charge < -0.3 is 20.7 Å². The summed E-state index contributed by atoms with van der Waals surface area (Å²) in [6.07, 6.45) is 0. The van der Waals surface area contributed by atoms with Crippen LogP contribution in [-0.4, -0.2) is 32.1 Å². The number of hydrogen-bond donors (Lipinski definition) is 3. The Bertz CT molecular complexity index is 808. The van der Waals surface area contributed by atoms with Crippen molar-refractivity contribution in [3.63, 3.8) is 0 Å². The third kappa shape index (κ3) is 6.62. The fourth-order valence-electron chi connectivity index (χ4n) is 2.43. The highest BCUT2D eigenvalue weighted by atomic mass is 19.1. The Kier molecular flexibility index (Phi) is 7.61. The van der Waals surface area contributed by atoms with Crippen molar-refractivity contribution < 1.29 is 13.9 Å². The Morgan fingerprint density at radius 3 is 2.70 bits per heavy atom. The molecule has 0 saturated heterocycles. The summed E-state index contributed by atoms with van der Waals surface area (Å²) in [5.41, 5.74) is 2.53. The fraction of sp³-hybridized carbons (Fsp3) is 0.300. The van der Waals surface area contributed by atoms with E-state index < -0.39 is 5.82 Å². The first-order valence-corrected chi connectivity index (χ1v) is 8.74. The molecule has 144 valence electrons. The second-order valence-corrected chi connectivity index (χ2v) is 5.88. The highest BCUT2D eigenvalue weighted by Gasteiger charge is 2.07. The summed E-state index contributed by atoms with van der Waals surface area (Å²) in [5, 5.41) is 8.70. The second-order valence-electron chi connectivity index (χ2n) is 5.88. The molecule has 0 aliphatic rings. The van der Waals surface area contributed by atoms with Gasteiger partial charge in [0.2, 0.25) is 5.91 Å². The summed E-state index contributed by atoms with van der Waals surface area (Å²) in [6.45, 7) is 5.04. The Hall–Kier alpha value is -3.09. The summed E-state index contributed by atoms with van der Waals surface area (Å²) in [4.78, 5) is 16.1. The number of guanidine groups is 1. The summed E-state index contributed by atoms with van der Waals surface area (Å²) in [7, 11) is 1.62. The minimum atomic E-state index is -0.401. The number of nitrogens with zero attached hydrogens (tertiary/aromatic N) is 1. The van der Waals surface area contributed by atoms with E-state index in [2.05, 4.69) is 20.9 Å². The van der Waals surface area contributed by atoms with Crippen molar-refractivity contribution >= 4 is 17.6 Å². The van der Waals surface area contributed by atoms with E-state index in [0.717, 1.165) is 16.9 Å². The van der Waals surface area contributed by atoms with E-state index in [1.165, 1.54) is 18.2 Å². The van der Waals surface area contributed by atoms with Crippen LogP contribution < -0.4 is 20.7 Å². The van der Waals surface area contributed by atoms with Crippen LogP contribution in [0.1, 0.15) is 18.1 Å². The SMILES string of the molecule is CCOc1cc(C)ccc1CNC(=NC)NCC(=O)Nc1cccc(F)c1. The molecule has 6 nitrogen and oxygen atoms in total. The third-order valence-corrected chi connectivity index (χ3v) is 3.72. The molecule has 0 atom stereocenters. The number of benzene rings is 2. The first-order chi connectivity index (χ1) is 13.0. The standard InChI is InChI=1S/C20H25FN4O2/c1-4-27-18-10-14(2)8-9-15(18)12-23-20(22-3)24-13-19(26)25-17-7-5-6-16(21)11-17/h5-11H,4,12-13H2,1-3H3,(H,25,26)(H2,22,23,24). The molecule has 2 rings (SSSR count). The minimum absolute atomic E-state index is 0.00238. The van der Waals surface area contributed by atoms with Gasteiger partial charge in [0.15, 0.2) is 5.96 Å². The van der Waals surface area contributed by atoms with Gasteiger partial charge in [0.25, 0.3) is 0 Å². The van der Waals surface area contributed by atoms with Gasteiger partial charge in [0, 0.05) is 24.8 Å². The van der Waals surface area contributed by atoms with Crippen LogP contribution in [0.25, 0.3) is 0 Å². The third-order valence-electron chi connectivity index (χ3n) is 3.72. The van der Waals surface area contributed by atoms with Gasteiger partial charge in [-0.2, -0.15) is 0 Å². The maximum absolute atomic E-state index is 13.2. The van der Waals surface area contributed by atoms with Gasteiger partial charge in [0.05, 0.1) is 13.2 Å². The average molecular weight is 372 g/mol. The molecule has 0 aromatic heterocycles. The predicted molar refractivity (Wildman–Crippen MR) is 106 cm³/mol. The molecule has 2 aromatic carbocycles. The number of nitrogens with one attached hydrogen (secondary N) is 3. The normalized spacial score (nSPS) is 11.0. The van der Waals surface area contributed by atoms with Crippen molar-refractivity contribution in [2.45, 2.75) is 20.4 Å². The van der Waals surface area contributed by atoms with E-state index in [9.17, 15) is 9.18 Å². The molecule has 0 aliphatic heterocycles. The van der Waals surface area contributed by atoms with E-state index in [-0.39, 0.29) is 12.5 Å². The monoisotopic (exact) mass is 372 g/mol. The van der Waals surface area contributed by atoms with Crippen LogP contribution in [0.5, 0.6) is 5.75 Å². The number of amides is 1. The zero-order chi connectivity index (χ0) is 19.6. The number of anilines is 1. The number of carbonyl (C=O) groups is 1. The first kappa shape index (κ1) is 20.2. The van der Waals surface area contributed by atoms with Gasteiger partial charge >= 0.3 is 0 Å². The molecule has 0 bridgehead atoms. The maximum Gasteiger partial charge on any atom is 0.243 e. The lowest BCUT2D eigenvalue weighted by Gasteiger charge is -2.15. The second kappa shape index (κ2) is 10.2. The number of hydrogen-bond acceptors (Lipinski definition) is 3. The van der Waals surface area contributed by atoms with Gasteiger partial charge in [-0.25, -0.2) is 4.39 Å². The zero-order valence-corrected chi connectivity index (χ0v) is 15.8. The van der Waals surface area contributed by atoms with Gasteiger partial charge in [0.1, 0.15) is 11.6 Å². The van der Waals surface area contributed by atoms with Crippen LogP contribution in [-0.2, 0) is 11.3 Å². The number of halogens is 1. The van der Waals surface area contributed by atoms with Crippen LogP contribution in [0.2, 0.25) is 0 Å². The molecule has 0 unspecified atom stereocenters. The molecular weight excluding hydrogens is 347 g/mol. The lowest BCUT2D eigenvalue weighted by atomic mass is 10.1. The molecular formula is C20H25FN4O2. The van der Waals surface area contributed by atoms with Crippen LogP contribution in [0.4, 0.5) is 10.1 Å². The molecule has 27 heavy (non-hydrogen) atoms. The largest absolute Gasteiger partial charge is 0.494 e. The molecule has 0 radical (unpaired) electrons. The number of rotatable bonds is 7. The van der Waals surface area contributed by atoms with Crippen molar-refractivity contribution in [1.82, 2.24) is 10.6 Å². The van der Waals surface area contributed by atoms with Crippen molar-refractivity contribution in [1.29, 1.82) is 0 Å². The highest BCUT2D eigenvalue weighted by molar-refractivity contribution is 5.94. The van der Waals surface area contributed by atoms with E-state index in [4.69, 9.17) is 4.74 Å². The molecule has 0 heterocycles. The molecule has 2 aromatic rings. The van der Waals surface area contributed by atoms with E-state index >= 15 is 0 Å². The molecule has 3 N–H and O–H groups in total. The molecule has 0 aliphatic carbocycles. The predicted octanol–water partition coefficient (Wildman–Crippen LogP) is 2.84. The Balaban J connectivity index is 1.86. The molecule has 0 saturated carbocycles. The van der Waals surface area contributed by atoms with Crippen LogP contribution in [0.15, 0.2) is 47.5 Å². The number of aliphatic imine (C=N–C) groups is 1. The topological polar surface area (TPSA) is 74.8 Å². The van der Waals surface area contributed by atoms with E-state index in [0.29, 0.717) is 24.8 Å². The minimum Gasteiger partial charge on any atom is -0.494 e. The molecule has 7 heteroatoms. The fourth-order valence-corrected chi connectivity index (χ4v) is 2.43. The van der Waals surface area contributed by atoms with Crippen LogP contribution in [0.3, 0.4) is 0 Å². The molecule has 0 spiro atoms. The molecule has 0 fully saturated rings. The number of aryl methyl sites for hydroxylation is 1. The smallest absolute Gasteiger partial charge is 0.243 e. The van der Waals surface area contributed by atoms with Crippen molar-refractivity contribution in [2.24, 2.45) is 4.99 Å². The lowest BCUT2D eigenvalue weighted by molar-refractivity contribution is -0.115. The first-order valence-electron chi connectivity index (χ1n) is 8.74. The summed E-state index contributed by atoms with van der Waals surface area (Å²) in [6, 6.07) is 11.7. The van der Waals surface area contributed by atoms with Crippen LogP contribution >= 0.6 is 0 Å². The lowest BCUT2D eigenvalue weighted by Crippen LogP contribution is -2.41. The Morgan fingerprint density at radius 2 is 2.00 bits per heavy atom. The summed E-state index contributed by atoms with van der Waals surface area (Å²) >= 11 is 0. The van der Waals surface area contributed by atoms with Crippen molar-refractivity contribution in [3.8, 4) is 5.75 Å². The summed E-state index contributed by atoms with van der Waals surface area (Å²) < 4.78 is 18.8. The van der Waals surface area contributed by atoms with Gasteiger partial charge in [-0.05, 0) is 43.7 Å². The molecule has 1 amide bonds. The number of carbonyl (C=O) groups excluding carboxylic acids is 1. The number of ether oxygens (including phenoxy) is 1.